The van der Waals surface area contributed by atoms with E-state index in [1.165, 1.54) is 6.20 Å². The molecular formula is C15H15ClN4O3. The molecule has 2 heterocycles. The Morgan fingerprint density at radius 3 is 3.04 bits per heavy atom. The number of benzene rings is 1. The van der Waals surface area contributed by atoms with Gasteiger partial charge in [-0.1, -0.05) is 23.7 Å². The third kappa shape index (κ3) is 3.29. The van der Waals surface area contributed by atoms with Gasteiger partial charge in [-0.05, 0) is 18.6 Å². The standard InChI is InChI=1S/C15H15ClN4O3/c16-14-10(8-18-19-15(14)22)17-6-3-7-20-11-4-1-2-5-12(11)23-9-13(20)21/h1-2,4-5,8H,3,6-7,9H2,(H2,17,19,22). The van der Waals surface area contributed by atoms with Crippen molar-refractivity contribution in [2.24, 2.45) is 0 Å². The molecule has 1 aromatic carbocycles. The van der Waals surface area contributed by atoms with Gasteiger partial charge in [0, 0.05) is 13.1 Å². The first-order chi connectivity index (χ1) is 11.2. The van der Waals surface area contributed by atoms with E-state index in [1.807, 2.05) is 24.3 Å². The van der Waals surface area contributed by atoms with Gasteiger partial charge in [0.1, 0.15) is 10.8 Å². The zero-order valence-electron chi connectivity index (χ0n) is 12.2. The fourth-order valence-electron chi connectivity index (χ4n) is 2.37. The first-order valence-electron chi connectivity index (χ1n) is 7.16. The molecule has 8 heteroatoms. The number of nitrogens with one attached hydrogen (secondary N) is 2. The lowest BCUT2D eigenvalue weighted by atomic mass is 10.2. The fourth-order valence-corrected chi connectivity index (χ4v) is 2.52. The number of carbonyl (C=O) groups excluding carboxylic acids is 1. The van der Waals surface area contributed by atoms with Crippen molar-refractivity contribution in [3.63, 3.8) is 0 Å². The van der Waals surface area contributed by atoms with Crippen molar-refractivity contribution in [1.29, 1.82) is 0 Å². The smallest absolute Gasteiger partial charge is 0.285 e. The number of aromatic nitrogens is 2. The minimum absolute atomic E-state index is 0.0499. The molecule has 120 valence electrons. The molecule has 3 rings (SSSR count). The number of carbonyl (C=O) groups is 1. The van der Waals surface area contributed by atoms with Crippen LogP contribution < -0.4 is 20.5 Å². The molecule has 0 saturated carbocycles. The van der Waals surface area contributed by atoms with Gasteiger partial charge in [-0.15, -0.1) is 0 Å². The van der Waals surface area contributed by atoms with Crippen LogP contribution >= 0.6 is 11.6 Å². The van der Waals surface area contributed by atoms with Gasteiger partial charge >= 0.3 is 0 Å². The van der Waals surface area contributed by atoms with Gasteiger partial charge in [-0.25, -0.2) is 5.10 Å². The minimum atomic E-state index is -0.436. The Balaban J connectivity index is 1.60. The molecule has 0 fully saturated rings. The summed E-state index contributed by atoms with van der Waals surface area (Å²) in [5.74, 6) is 0.640. The number of rotatable bonds is 5. The molecule has 0 atom stereocenters. The number of aromatic amines is 1. The van der Waals surface area contributed by atoms with Crippen molar-refractivity contribution < 1.29 is 9.53 Å². The molecule has 0 saturated heterocycles. The van der Waals surface area contributed by atoms with E-state index in [0.717, 1.165) is 5.69 Å². The maximum atomic E-state index is 12.0. The first-order valence-corrected chi connectivity index (χ1v) is 7.54. The van der Waals surface area contributed by atoms with Crippen LogP contribution in [0, 0.1) is 0 Å². The Bertz CT molecular complexity index is 777. The average molecular weight is 335 g/mol. The van der Waals surface area contributed by atoms with Crippen LogP contribution in [0.3, 0.4) is 0 Å². The van der Waals surface area contributed by atoms with E-state index in [4.69, 9.17) is 16.3 Å². The molecule has 0 radical (unpaired) electrons. The fraction of sp³-hybridized carbons (Fsp3) is 0.267. The number of anilines is 2. The van der Waals surface area contributed by atoms with Crippen LogP contribution in [-0.2, 0) is 4.79 Å². The molecule has 7 nitrogen and oxygen atoms in total. The topological polar surface area (TPSA) is 87.3 Å². The minimum Gasteiger partial charge on any atom is -0.482 e. The summed E-state index contributed by atoms with van der Waals surface area (Å²) in [6.07, 6.45) is 2.14. The van der Waals surface area contributed by atoms with Gasteiger partial charge in [0.25, 0.3) is 11.5 Å². The second kappa shape index (κ2) is 6.70. The molecule has 1 aliphatic heterocycles. The Kier molecular flexibility index (Phi) is 4.47. The molecule has 1 aromatic heterocycles. The van der Waals surface area contributed by atoms with Crippen LogP contribution in [-0.4, -0.2) is 35.8 Å². The summed E-state index contributed by atoms with van der Waals surface area (Å²) in [6.45, 7) is 1.15. The van der Waals surface area contributed by atoms with Crippen molar-refractivity contribution in [2.75, 3.05) is 29.9 Å². The number of amides is 1. The lowest BCUT2D eigenvalue weighted by molar-refractivity contribution is -0.121. The van der Waals surface area contributed by atoms with Crippen LogP contribution in [0.4, 0.5) is 11.4 Å². The van der Waals surface area contributed by atoms with Gasteiger partial charge in [0.15, 0.2) is 6.61 Å². The highest BCUT2D eigenvalue weighted by Gasteiger charge is 2.24. The number of para-hydroxylation sites is 2. The number of ether oxygens (including phenoxy) is 1. The predicted octanol–water partition coefficient (Wildman–Crippen LogP) is 1.65. The number of nitrogens with zero attached hydrogens (tertiary/aromatic N) is 2. The van der Waals surface area contributed by atoms with Gasteiger partial charge < -0.3 is 15.0 Å². The van der Waals surface area contributed by atoms with Gasteiger partial charge in [0.05, 0.1) is 17.6 Å². The second-order valence-electron chi connectivity index (χ2n) is 5.01. The Morgan fingerprint density at radius 2 is 2.17 bits per heavy atom. The van der Waals surface area contributed by atoms with Gasteiger partial charge in [-0.2, -0.15) is 5.10 Å². The summed E-state index contributed by atoms with van der Waals surface area (Å²) >= 11 is 5.88. The molecule has 0 bridgehead atoms. The molecule has 0 aliphatic carbocycles. The van der Waals surface area contributed by atoms with E-state index in [1.54, 1.807) is 4.90 Å². The summed E-state index contributed by atoms with van der Waals surface area (Å²) in [4.78, 5) is 25.1. The number of halogens is 1. The van der Waals surface area contributed by atoms with Crippen LogP contribution in [0.1, 0.15) is 6.42 Å². The highest BCUT2D eigenvalue weighted by molar-refractivity contribution is 6.32. The Hall–Kier alpha value is -2.54. The molecular weight excluding hydrogens is 320 g/mol. The van der Waals surface area contributed by atoms with Crippen LogP contribution in [0.5, 0.6) is 5.75 Å². The van der Waals surface area contributed by atoms with Crippen molar-refractivity contribution in [1.82, 2.24) is 10.2 Å². The van der Waals surface area contributed by atoms with E-state index in [9.17, 15) is 9.59 Å². The summed E-state index contributed by atoms with van der Waals surface area (Å²) < 4.78 is 5.40. The van der Waals surface area contributed by atoms with E-state index >= 15 is 0 Å². The SMILES string of the molecule is O=C1COc2ccccc2N1CCCNc1cn[nH]c(=O)c1Cl. The Morgan fingerprint density at radius 1 is 1.35 bits per heavy atom. The first kappa shape index (κ1) is 15.4. The number of hydrogen-bond donors (Lipinski definition) is 2. The van der Waals surface area contributed by atoms with Crippen LogP contribution in [0.2, 0.25) is 5.02 Å². The maximum absolute atomic E-state index is 12.0. The van der Waals surface area contributed by atoms with E-state index in [-0.39, 0.29) is 17.5 Å². The van der Waals surface area contributed by atoms with Crippen molar-refractivity contribution in [3.05, 3.63) is 45.8 Å². The molecule has 1 aliphatic rings. The molecule has 0 unspecified atom stereocenters. The van der Waals surface area contributed by atoms with Crippen LogP contribution in [0.25, 0.3) is 0 Å². The van der Waals surface area contributed by atoms with Gasteiger partial charge in [0.2, 0.25) is 0 Å². The van der Waals surface area contributed by atoms with E-state index in [2.05, 4.69) is 15.5 Å². The molecule has 2 aromatic rings. The largest absolute Gasteiger partial charge is 0.482 e. The Labute approximate surface area is 137 Å². The number of fused-ring (bicyclic) bond motifs is 1. The average Bonchev–Trinajstić information content (AvgIpc) is 2.57. The van der Waals surface area contributed by atoms with Crippen molar-refractivity contribution >= 4 is 28.9 Å². The monoisotopic (exact) mass is 334 g/mol. The third-order valence-corrected chi connectivity index (χ3v) is 3.85. The second-order valence-corrected chi connectivity index (χ2v) is 5.39. The van der Waals surface area contributed by atoms with Crippen LogP contribution in [0.15, 0.2) is 35.3 Å². The molecule has 0 spiro atoms. The van der Waals surface area contributed by atoms with E-state index < -0.39 is 5.56 Å². The predicted molar refractivity (Wildman–Crippen MR) is 87.3 cm³/mol. The number of hydrogen-bond acceptors (Lipinski definition) is 5. The van der Waals surface area contributed by atoms with Crippen molar-refractivity contribution in [2.45, 2.75) is 6.42 Å². The van der Waals surface area contributed by atoms with E-state index in [0.29, 0.717) is 30.9 Å². The lowest BCUT2D eigenvalue weighted by Crippen LogP contribution is -2.39. The summed E-state index contributed by atoms with van der Waals surface area (Å²) in [6, 6.07) is 7.44. The number of H-pyrrole nitrogens is 1. The van der Waals surface area contributed by atoms with Gasteiger partial charge in [-0.3, -0.25) is 9.59 Å². The summed E-state index contributed by atoms with van der Waals surface area (Å²) in [5, 5.41) is 9.07. The third-order valence-electron chi connectivity index (χ3n) is 3.48. The zero-order valence-corrected chi connectivity index (χ0v) is 13.0. The highest BCUT2D eigenvalue weighted by Crippen LogP contribution is 2.31. The summed E-state index contributed by atoms with van der Waals surface area (Å²) in [7, 11) is 0. The zero-order chi connectivity index (χ0) is 16.2. The van der Waals surface area contributed by atoms with Crippen molar-refractivity contribution in [3.8, 4) is 5.75 Å². The quantitative estimate of drug-likeness (QED) is 0.812. The molecule has 23 heavy (non-hydrogen) atoms. The normalized spacial score (nSPS) is 13.4. The highest BCUT2D eigenvalue weighted by atomic mass is 35.5. The maximum Gasteiger partial charge on any atom is 0.285 e. The lowest BCUT2D eigenvalue weighted by Gasteiger charge is -2.29. The summed E-state index contributed by atoms with van der Waals surface area (Å²) in [5.41, 5.74) is 0.817. The molecule has 2 N–H and O–H groups in total. The molecule has 1 amide bonds.